The number of anilines is 3. The second-order valence-corrected chi connectivity index (χ2v) is 15.3. The van der Waals surface area contributed by atoms with Gasteiger partial charge in [0, 0.05) is 27.4 Å². The number of hydrogen-bond acceptors (Lipinski definition) is 2. The van der Waals surface area contributed by atoms with Crippen molar-refractivity contribution in [1.82, 2.24) is 0 Å². The van der Waals surface area contributed by atoms with Gasteiger partial charge in [0.25, 0.3) is 0 Å². The van der Waals surface area contributed by atoms with Gasteiger partial charge in [-0.2, -0.15) is 0 Å². The molecule has 0 radical (unpaired) electrons. The van der Waals surface area contributed by atoms with Crippen molar-refractivity contribution in [2.75, 3.05) is 4.90 Å². The van der Waals surface area contributed by atoms with Crippen LogP contribution in [0.1, 0.15) is 25.0 Å². The first-order valence-electron chi connectivity index (χ1n) is 19.1. The highest BCUT2D eigenvalue weighted by molar-refractivity contribution is 6.20. The molecule has 0 fully saturated rings. The zero-order valence-corrected chi connectivity index (χ0v) is 30.8. The summed E-state index contributed by atoms with van der Waals surface area (Å²) in [6.45, 7) is 4.71. The molecule has 0 unspecified atom stereocenters. The summed E-state index contributed by atoms with van der Waals surface area (Å²) < 4.78 is 6.77. The number of furan rings is 1. The average molecular weight is 704 g/mol. The fourth-order valence-corrected chi connectivity index (χ4v) is 9.20. The topological polar surface area (TPSA) is 16.4 Å². The van der Waals surface area contributed by atoms with E-state index in [1.165, 1.54) is 55.1 Å². The van der Waals surface area contributed by atoms with E-state index in [1.807, 2.05) is 0 Å². The van der Waals surface area contributed by atoms with Crippen molar-refractivity contribution in [3.8, 4) is 33.4 Å². The van der Waals surface area contributed by atoms with Crippen LogP contribution in [0, 0.1) is 0 Å². The van der Waals surface area contributed by atoms with Crippen molar-refractivity contribution >= 4 is 60.5 Å². The van der Waals surface area contributed by atoms with Crippen LogP contribution in [0.3, 0.4) is 0 Å². The lowest BCUT2D eigenvalue weighted by Crippen LogP contribution is -2.15. The summed E-state index contributed by atoms with van der Waals surface area (Å²) in [5.74, 6) is 0. The molecule has 2 heteroatoms. The number of hydrogen-bond donors (Lipinski definition) is 0. The Morgan fingerprint density at radius 1 is 0.436 bits per heavy atom. The minimum Gasteiger partial charge on any atom is -0.455 e. The first-order chi connectivity index (χ1) is 27.0. The Kier molecular flexibility index (Phi) is 6.93. The number of nitrogens with zero attached hydrogens (tertiary/aromatic N) is 1. The lowest BCUT2D eigenvalue weighted by molar-refractivity contribution is 0.660. The third kappa shape index (κ3) is 4.81. The maximum atomic E-state index is 6.77. The van der Waals surface area contributed by atoms with Crippen LogP contribution in [0.15, 0.2) is 192 Å². The van der Waals surface area contributed by atoms with Crippen LogP contribution in [0.5, 0.6) is 0 Å². The standard InChI is InChI=1S/C53H37NO/c1-53(2)45-23-9-7-21-43(45)50-42(22-12-24-46(50)53)41-20-8-10-25-47(41)54(39-18-11-17-37(33-39)38-29-28-34-14-3-4-16-36(34)32-38)48-26-13-27-49-51(48)44-31-30-35-15-5-6-19-40(35)52(44)55-49/h3-33H,1-2H3. The van der Waals surface area contributed by atoms with Gasteiger partial charge in [-0.3, -0.25) is 0 Å². The van der Waals surface area contributed by atoms with Gasteiger partial charge in [-0.25, -0.2) is 0 Å². The predicted octanol–water partition coefficient (Wildman–Crippen LogP) is 15.0. The molecular formula is C53H37NO. The Morgan fingerprint density at radius 3 is 2.00 bits per heavy atom. The molecule has 0 saturated carbocycles. The molecule has 0 bridgehead atoms. The third-order valence-electron chi connectivity index (χ3n) is 11.8. The van der Waals surface area contributed by atoms with Crippen molar-refractivity contribution in [2.45, 2.75) is 19.3 Å². The number of fused-ring (bicyclic) bond motifs is 9. The van der Waals surface area contributed by atoms with E-state index in [2.05, 4.69) is 207 Å². The Balaban J connectivity index is 1.19. The maximum Gasteiger partial charge on any atom is 0.143 e. The van der Waals surface area contributed by atoms with Gasteiger partial charge in [-0.05, 0) is 97.6 Å². The van der Waals surface area contributed by atoms with Gasteiger partial charge in [0.1, 0.15) is 11.2 Å². The highest BCUT2D eigenvalue weighted by atomic mass is 16.3. The molecule has 2 nitrogen and oxygen atoms in total. The summed E-state index contributed by atoms with van der Waals surface area (Å²) in [5, 5.41) is 6.96. The summed E-state index contributed by atoms with van der Waals surface area (Å²) >= 11 is 0. The molecule has 55 heavy (non-hydrogen) atoms. The van der Waals surface area contributed by atoms with E-state index in [-0.39, 0.29) is 5.41 Å². The molecule has 9 aromatic carbocycles. The minimum absolute atomic E-state index is 0.102. The van der Waals surface area contributed by atoms with E-state index in [9.17, 15) is 0 Å². The van der Waals surface area contributed by atoms with Gasteiger partial charge in [0.2, 0.25) is 0 Å². The lowest BCUT2D eigenvalue weighted by Gasteiger charge is -2.29. The van der Waals surface area contributed by atoms with Crippen LogP contribution < -0.4 is 4.90 Å². The van der Waals surface area contributed by atoms with Crippen molar-refractivity contribution in [1.29, 1.82) is 0 Å². The van der Waals surface area contributed by atoms with Gasteiger partial charge >= 0.3 is 0 Å². The Morgan fingerprint density at radius 2 is 1.09 bits per heavy atom. The van der Waals surface area contributed by atoms with Crippen LogP contribution in [-0.4, -0.2) is 0 Å². The van der Waals surface area contributed by atoms with Crippen molar-refractivity contribution in [3.63, 3.8) is 0 Å². The van der Waals surface area contributed by atoms with E-state index in [4.69, 9.17) is 4.42 Å². The van der Waals surface area contributed by atoms with Crippen molar-refractivity contribution in [3.05, 3.63) is 199 Å². The molecule has 1 aromatic heterocycles. The summed E-state index contributed by atoms with van der Waals surface area (Å²) in [6.07, 6.45) is 0. The quantitative estimate of drug-likeness (QED) is 0.177. The molecule has 0 amide bonds. The molecule has 1 heterocycles. The predicted molar refractivity (Wildman–Crippen MR) is 232 cm³/mol. The van der Waals surface area contributed by atoms with Crippen LogP contribution in [-0.2, 0) is 5.41 Å². The summed E-state index contributed by atoms with van der Waals surface area (Å²) in [4.78, 5) is 2.46. The highest BCUT2D eigenvalue weighted by Gasteiger charge is 2.37. The van der Waals surface area contributed by atoms with E-state index in [0.717, 1.165) is 50.0 Å². The smallest absolute Gasteiger partial charge is 0.143 e. The monoisotopic (exact) mass is 703 g/mol. The van der Waals surface area contributed by atoms with E-state index < -0.39 is 0 Å². The molecule has 260 valence electrons. The van der Waals surface area contributed by atoms with Crippen LogP contribution in [0.25, 0.3) is 76.9 Å². The molecule has 0 spiro atoms. The molecule has 1 aliphatic carbocycles. The number of para-hydroxylation sites is 1. The second-order valence-electron chi connectivity index (χ2n) is 15.3. The Hall–Kier alpha value is -6.90. The normalized spacial score (nSPS) is 13.1. The molecule has 11 rings (SSSR count). The van der Waals surface area contributed by atoms with Gasteiger partial charge in [-0.15, -0.1) is 0 Å². The first kappa shape index (κ1) is 31.6. The summed E-state index contributed by atoms with van der Waals surface area (Å²) in [5.41, 5.74) is 15.1. The average Bonchev–Trinajstić information content (AvgIpc) is 3.74. The van der Waals surface area contributed by atoms with E-state index in [0.29, 0.717) is 0 Å². The lowest BCUT2D eigenvalue weighted by atomic mass is 9.82. The zero-order valence-electron chi connectivity index (χ0n) is 30.8. The van der Waals surface area contributed by atoms with E-state index >= 15 is 0 Å². The van der Waals surface area contributed by atoms with Gasteiger partial charge in [0.15, 0.2) is 0 Å². The molecule has 0 aliphatic heterocycles. The second kappa shape index (κ2) is 12.1. The molecule has 1 aliphatic rings. The van der Waals surface area contributed by atoms with Gasteiger partial charge in [-0.1, -0.05) is 159 Å². The van der Waals surface area contributed by atoms with Crippen molar-refractivity contribution in [2.24, 2.45) is 0 Å². The first-order valence-corrected chi connectivity index (χ1v) is 19.1. The van der Waals surface area contributed by atoms with Gasteiger partial charge in [0.05, 0.1) is 16.8 Å². The Labute approximate surface area is 320 Å². The fraction of sp³-hybridized carbons (Fsp3) is 0.0566. The molecular weight excluding hydrogens is 667 g/mol. The maximum absolute atomic E-state index is 6.77. The Bertz CT molecular complexity index is 3150. The highest BCUT2D eigenvalue weighted by Crippen LogP contribution is 2.54. The van der Waals surface area contributed by atoms with Crippen molar-refractivity contribution < 1.29 is 4.42 Å². The van der Waals surface area contributed by atoms with Gasteiger partial charge < -0.3 is 9.32 Å². The summed E-state index contributed by atoms with van der Waals surface area (Å²) in [6, 6.07) is 68.5. The molecule has 0 N–H and O–H groups in total. The van der Waals surface area contributed by atoms with E-state index in [1.54, 1.807) is 0 Å². The van der Waals surface area contributed by atoms with Crippen LogP contribution in [0.4, 0.5) is 17.1 Å². The minimum atomic E-state index is -0.102. The number of rotatable bonds is 5. The molecule has 10 aromatic rings. The largest absolute Gasteiger partial charge is 0.455 e. The summed E-state index contributed by atoms with van der Waals surface area (Å²) in [7, 11) is 0. The SMILES string of the molecule is CC1(C)c2ccccc2-c2c(-c3ccccc3N(c3cccc(-c4ccc5ccccc5c4)c3)c3cccc4oc5c6ccccc6ccc5c34)cccc21. The zero-order chi connectivity index (χ0) is 36.7. The third-order valence-corrected chi connectivity index (χ3v) is 11.8. The molecule has 0 saturated heterocycles. The van der Waals surface area contributed by atoms with Crippen LogP contribution >= 0.6 is 0 Å². The number of benzene rings is 9. The fourth-order valence-electron chi connectivity index (χ4n) is 9.20. The molecule has 0 atom stereocenters. The van der Waals surface area contributed by atoms with Crippen LogP contribution in [0.2, 0.25) is 0 Å².